The van der Waals surface area contributed by atoms with Crippen molar-refractivity contribution in [2.45, 2.75) is 32.4 Å². The summed E-state index contributed by atoms with van der Waals surface area (Å²) in [5.41, 5.74) is 3.58. The van der Waals surface area contributed by atoms with E-state index in [0.717, 1.165) is 38.2 Å². The monoisotopic (exact) mass is 355 g/mol. The zero-order chi connectivity index (χ0) is 18.5. The molecule has 1 fully saturated rings. The van der Waals surface area contributed by atoms with Gasteiger partial charge in [0.2, 0.25) is 0 Å². The Morgan fingerprint density at radius 3 is 2.62 bits per heavy atom. The van der Waals surface area contributed by atoms with E-state index in [1.54, 1.807) is 12.1 Å². The second-order valence-corrected chi connectivity index (χ2v) is 6.76. The molecule has 0 spiro atoms. The molecule has 1 aliphatic rings. The number of nitrogens with one attached hydrogen (secondary N) is 1. The lowest BCUT2D eigenvalue weighted by Gasteiger charge is -2.33. The molecule has 0 aliphatic carbocycles. The molecular weight excluding hydrogens is 330 g/mol. The molecule has 1 heterocycles. The number of nitro groups is 1. The van der Waals surface area contributed by atoms with Gasteiger partial charge in [-0.25, -0.2) is 0 Å². The fraction of sp³-hybridized carbons (Fsp3) is 0.400. The van der Waals surface area contributed by atoms with Gasteiger partial charge in [-0.3, -0.25) is 15.0 Å². The van der Waals surface area contributed by atoms with Crippen LogP contribution in [0.4, 0.5) is 11.4 Å². The highest BCUT2D eigenvalue weighted by Crippen LogP contribution is 2.30. The van der Waals surface area contributed by atoms with Crippen LogP contribution < -0.4 is 10.1 Å². The molecule has 26 heavy (non-hydrogen) atoms. The van der Waals surface area contributed by atoms with Crippen molar-refractivity contribution in [2.75, 3.05) is 25.5 Å². The summed E-state index contributed by atoms with van der Waals surface area (Å²) < 4.78 is 5.14. The van der Waals surface area contributed by atoms with Gasteiger partial charge in [0, 0.05) is 43.5 Å². The van der Waals surface area contributed by atoms with Crippen LogP contribution in [-0.4, -0.2) is 36.1 Å². The molecule has 0 bridgehead atoms. The van der Waals surface area contributed by atoms with Gasteiger partial charge in [-0.05, 0) is 37.0 Å². The third-order valence-corrected chi connectivity index (χ3v) is 4.99. The average Bonchev–Trinajstić information content (AvgIpc) is 2.65. The SMILES string of the molecule is COc1cc(NC2CCN(Cc3ccccc3C)CC2)ccc1[N+](=O)[O-]. The molecule has 0 aromatic heterocycles. The Hall–Kier alpha value is -2.60. The average molecular weight is 355 g/mol. The Kier molecular flexibility index (Phi) is 5.73. The zero-order valence-corrected chi connectivity index (χ0v) is 15.3. The van der Waals surface area contributed by atoms with Crippen LogP contribution in [0.5, 0.6) is 5.75 Å². The fourth-order valence-corrected chi connectivity index (χ4v) is 3.42. The minimum Gasteiger partial charge on any atom is -0.490 e. The largest absolute Gasteiger partial charge is 0.490 e. The lowest BCUT2D eigenvalue weighted by atomic mass is 10.0. The molecular formula is C20H25N3O3. The van der Waals surface area contributed by atoms with E-state index < -0.39 is 4.92 Å². The molecule has 138 valence electrons. The van der Waals surface area contributed by atoms with Crippen molar-refractivity contribution in [3.8, 4) is 5.75 Å². The molecule has 0 amide bonds. The van der Waals surface area contributed by atoms with Gasteiger partial charge in [0.1, 0.15) is 0 Å². The van der Waals surface area contributed by atoms with Gasteiger partial charge in [0.15, 0.2) is 5.75 Å². The predicted molar refractivity (Wildman–Crippen MR) is 103 cm³/mol. The maximum absolute atomic E-state index is 11.0. The first-order chi connectivity index (χ1) is 12.6. The molecule has 6 heteroatoms. The number of anilines is 1. The van der Waals surface area contributed by atoms with E-state index >= 15 is 0 Å². The Balaban J connectivity index is 1.56. The fourth-order valence-electron chi connectivity index (χ4n) is 3.42. The maximum Gasteiger partial charge on any atom is 0.311 e. The van der Waals surface area contributed by atoms with E-state index in [9.17, 15) is 10.1 Å². The van der Waals surface area contributed by atoms with Crippen LogP contribution in [0.3, 0.4) is 0 Å². The molecule has 2 aromatic carbocycles. The van der Waals surface area contributed by atoms with E-state index in [-0.39, 0.29) is 11.4 Å². The molecule has 0 atom stereocenters. The zero-order valence-electron chi connectivity index (χ0n) is 15.3. The number of hydrogen-bond donors (Lipinski definition) is 1. The number of nitrogens with zero attached hydrogens (tertiary/aromatic N) is 2. The summed E-state index contributed by atoms with van der Waals surface area (Å²) >= 11 is 0. The van der Waals surface area contributed by atoms with Gasteiger partial charge >= 0.3 is 5.69 Å². The van der Waals surface area contributed by atoms with E-state index in [2.05, 4.69) is 41.4 Å². The van der Waals surface area contributed by atoms with Gasteiger partial charge in [-0.15, -0.1) is 0 Å². The van der Waals surface area contributed by atoms with Crippen molar-refractivity contribution in [1.29, 1.82) is 0 Å². The molecule has 0 radical (unpaired) electrons. The summed E-state index contributed by atoms with van der Waals surface area (Å²) in [7, 11) is 1.45. The second-order valence-electron chi connectivity index (χ2n) is 6.76. The second kappa shape index (κ2) is 8.19. The smallest absolute Gasteiger partial charge is 0.311 e. The summed E-state index contributed by atoms with van der Waals surface area (Å²) in [6.45, 7) is 5.22. The number of methoxy groups -OCH3 is 1. The summed E-state index contributed by atoms with van der Waals surface area (Å²) in [6, 6.07) is 13.8. The lowest BCUT2D eigenvalue weighted by Crippen LogP contribution is -2.38. The number of piperidine rings is 1. The normalized spacial score (nSPS) is 15.6. The highest BCUT2D eigenvalue weighted by atomic mass is 16.6. The van der Waals surface area contributed by atoms with Crippen LogP contribution in [0.15, 0.2) is 42.5 Å². The van der Waals surface area contributed by atoms with E-state index in [0.29, 0.717) is 6.04 Å². The van der Waals surface area contributed by atoms with E-state index in [1.165, 1.54) is 24.3 Å². The number of nitro benzene ring substituents is 1. The highest BCUT2D eigenvalue weighted by molar-refractivity contribution is 5.58. The number of aryl methyl sites for hydroxylation is 1. The molecule has 1 N–H and O–H groups in total. The van der Waals surface area contributed by atoms with Gasteiger partial charge in [-0.1, -0.05) is 24.3 Å². The lowest BCUT2D eigenvalue weighted by molar-refractivity contribution is -0.385. The molecule has 1 aliphatic heterocycles. The Morgan fingerprint density at radius 2 is 1.96 bits per heavy atom. The van der Waals surface area contributed by atoms with Crippen LogP contribution in [0.25, 0.3) is 0 Å². The Bertz CT molecular complexity index is 771. The topological polar surface area (TPSA) is 67.6 Å². The number of rotatable bonds is 6. The van der Waals surface area contributed by atoms with Crippen LogP contribution in [0.1, 0.15) is 24.0 Å². The Morgan fingerprint density at radius 1 is 1.23 bits per heavy atom. The quantitative estimate of drug-likeness (QED) is 0.627. The van der Waals surface area contributed by atoms with Crippen LogP contribution in [-0.2, 0) is 6.54 Å². The van der Waals surface area contributed by atoms with Crippen LogP contribution in [0, 0.1) is 17.0 Å². The molecule has 3 rings (SSSR count). The predicted octanol–water partition coefficient (Wildman–Crippen LogP) is 3.99. The van der Waals surface area contributed by atoms with Crippen LogP contribution >= 0.6 is 0 Å². The first-order valence-electron chi connectivity index (χ1n) is 8.92. The van der Waals surface area contributed by atoms with Crippen molar-refractivity contribution in [3.05, 3.63) is 63.7 Å². The highest BCUT2D eigenvalue weighted by Gasteiger charge is 2.21. The van der Waals surface area contributed by atoms with Gasteiger partial charge in [-0.2, -0.15) is 0 Å². The number of likely N-dealkylation sites (tertiary alicyclic amines) is 1. The summed E-state index contributed by atoms with van der Waals surface area (Å²) in [5, 5.41) is 14.5. The van der Waals surface area contributed by atoms with Gasteiger partial charge in [0.25, 0.3) is 0 Å². The van der Waals surface area contributed by atoms with Crippen molar-refractivity contribution < 1.29 is 9.66 Å². The van der Waals surface area contributed by atoms with Crippen LogP contribution in [0.2, 0.25) is 0 Å². The maximum atomic E-state index is 11.0. The molecule has 0 saturated carbocycles. The standard InChI is InChI=1S/C20H25N3O3/c1-15-5-3-4-6-16(15)14-22-11-9-17(10-12-22)21-18-7-8-19(23(24)25)20(13-18)26-2/h3-8,13,17,21H,9-12,14H2,1-2H3. The van der Waals surface area contributed by atoms with Gasteiger partial charge < -0.3 is 10.1 Å². The minimum absolute atomic E-state index is 0.00824. The molecule has 6 nitrogen and oxygen atoms in total. The number of ether oxygens (including phenoxy) is 1. The van der Waals surface area contributed by atoms with E-state index in [1.807, 2.05) is 0 Å². The molecule has 1 saturated heterocycles. The summed E-state index contributed by atoms with van der Waals surface area (Å²) in [5.74, 6) is 0.289. The molecule has 0 unspecified atom stereocenters. The summed E-state index contributed by atoms with van der Waals surface area (Å²) in [6.07, 6.45) is 2.09. The molecule has 2 aromatic rings. The first-order valence-corrected chi connectivity index (χ1v) is 8.92. The van der Waals surface area contributed by atoms with Crippen molar-refractivity contribution >= 4 is 11.4 Å². The number of benzene rings is 2. The van der Waals surface area contributed by atoms with Crippen molar-refractivity contribution in [1.82, 2.24) is 4.90 Å². The minimum atomic E-state index is -0.424. The number of hydrogen-bond acceptors (Lipinski definition) is 5. The third-order valence-electron chi connectivity index (χ3n) is 4.99. The van der Waals surface area contributed by atoms with Crippen molar-refractivity contribution in [3.63, 3.8) is 0 Å². The summed E-state index contributed by atoms with van der Waals surface area (Å²) in [4.78, 5) is 13.1. The van der Waals surface area contributed by atoms with Crippen molar-refractivity contribution in [2.24, 2.45) is 0 Å². The van der Waals surface area contributed by atoms with Gasteiger partial charge in [0.05, 0.1) is 12.0 Å². The third kappa shape index (κ3) is 4.32. The first kappa shape index (κ1) is 18.2. The Labute approximate surface area is 153 Å². The van der Waals surface area contributed by atoms with E-state index in [4.69, 9.17) is 4.74 Å².